The molecule has 106 valence electrons. The van der Waals surface area contributed by atoms with Gasteiger partial charge in [-0.25, -0.2) is 9.78 Å². The van der Waals surface area contributed by atoms with E-state index in [-0.39, 0.29) is 5.56 Å². The molecule has 0 saturated heterocycles. The number of carbonyl (C=O) groups is 1. The molecule has 0 atom stereocenters. The van der Waals surface area contributed by atoms with Crippen LogP contribution in [0.3, 0.4) is 0 Å². The number of rotatable bonds is 4. The lowest BCUT2D eigenvalue weighted by atomic mass is 10.2. The van der Waals surface area contributed by atoms with Crippen LogP contribution >= 0.6 is 15.9 Å². The Bertz CT molecular complexity index is 799. The molecule has 1 aromatic carbocycles. The Hall–Kier alpha value is -2.34. The van der Waals surface area contributed by atoms with Crippen LogP contribution in [0, 0.1) is 0 Å². The fourth-order valence-electron chi connectivity index (χ4n) is 2.01. The third kappa shape index (κ3) is 2.75. The van der Waals surface area contributed by atoms with E-state index in [9.17, 15) is 4.79 Å². The number of hydrogen-bond acceptors (Lipinski definition) is 3. The van der Waals surface area contributed by atoms with Crippen LogP contribution in [-0.2, 0) is 6.61 Å². The number of nitrogens with zero attached hydrogens (tertiary/aromatic N) is 2. The highest BCUT2D eigenvalue weighted by Crippen LogP contribution is 2.21. The van der Waals surface area contributed by atoms with Crippen LogP contribution in [0.4, 0.5) is 0 Å². The van der Waals surface area contributed by atoms with Gasteiger partial charge in [-0.1, -0.05) is 18.2 Å². The number of para-hydroxylation sites is 1. The molecule has 0 radical (unpaired) electrons. The number of pyridine rings is 1. The molecule has 0 unspecified atom stereocenters. The van der Waals surface area contributed by atoms with Gasteiger partial charge in [0.15, 0.2) is 5.82 Å². The summed E-state index contributed by atoms with van der Waals surface area (Å²) < 4.78 is 8.07. The van der Waals surface area contributed by atoms with E-state index in [0.717, 1.165) is 5.75 Å². The maximum atomic E-state index is 11.0. The van der Waals surface area contributed by atoms with Crippen molar-refractivity contribution in [1.82, 2.24) is 9.38 Å². The first kappa shape index (κ1) is 13.6. The van der Waals surface area contributed by atoms with E-state index < -0.39 is 5.97 Å². The highest BCUT2D eigenvalue weighted by atomic mass is 79.9. The monoisotopic (exact) mass is 346 g/mol. The summed E-state index contributed by atoms with van der Waals surface area (Å²) in [6.07, 6.45) is 1.68. The van der Waals surface area contributed by atoms with Gasteiger partial charge in [0, 0.05) is 6.20 Å². The molecule has 0 amide bonds. The first-order chi connectivity index (χ1) is 10.1. The molecule has 1 N–H and O–H groups in total. The Kier molecular flexibility index (Phi) is 3.62. The van der Waals surface area contributed by atoms with Crippen LogP contribution in [0.15, 0.2) is 53.3 Å². The minimum atomic E-state index is -0.965. The van der Waals surface area contributed by atoms with Gasteiger partial charge in [0.05, 0.1) is 11.1 Å². The zero-order chi connectivity index (χ0) is 14.8. The van der Waals surface area contributed by atoms with E-state index in [2.05, 4.69) is 20.9 Å². The predicted octanol–water partition coefficient (Wildman–Crippen LogP) is 3.37. The summed E-state index contributed by atoms with van der Waals surface area (Å²) in [7, 11) is 0. The SMILES string of the molecule is O=C(O)c1ccn2c(COc3ccccc3)nc(Br)c2c1. The summed E-state index contributed by atoms with van der Waals surface area (Å²) in [6, 6.07) is 12.6. The van der Waals surface area contributed by atoms with Gasteiger partial charge in [-0.05, 0) is 40.2 Å². The largest absolute Gasteiger partial charge is 0.486 e. The van der Waals surface area contributed by atoms with Gasteiger partial charge in [0.1, 0.15) is 17.0 Å². The summed E-state index contributed by atoms with van der Waals surface area (Å²) >= 11 is 3.35. The fraction of sp³-hybridized carbons (Fsp3) is 0.0667. The molecule has 6 heteroatoms. The van der Waals surface area contributed by atoms with Crippen molar-refractivity contribution >= 4 is 27.4 Å². The maximum absolute atomic E-state index is 11.0. The fourth-order valence-corrected chi connectivity index (χ4v) is 2.52. The van der Waals surface area contributed by atoms with Crippen LogP contribution in [-0.4, -0.2) is 20.5 Å². The van der Waals surface area contributed by atoms with E-state index >= 15 is 0 Å². The third-order valence-electron chi connectivity index (χ3n) is 3.03. The molecule has 0 aliphatic rings. The molecule has 0 spiro atoms. The number of halogens is 1. The van der Waals surface area contributed by atoms with Crippen molar-refractivity contribution in [3.05, 3.63) is 64.7 Å². The first-order valence-corrected chi connectivity index (χ1v) is 7.02. The second-order valence-electron chi connectivity index (χ2n) is 4.40. The van der Waals surface area contributed by atoms with Crippen LogP contribution in [0.1, 0.15) is 16.2 Å². The van der Waals surface area contributed by atoms with Crippen molar-refractivity contribution in [3.63, 3.8) is 0 Å². The first-order valence-electron chi connectivity index (χ1n) is 6.23. The average Bonchev–Trinajstić information content (AvgIpc) is 2.82. The van der Waals surface area contributed by atoms with E-state index in [1.54, 1.807) is 16.7 Å². The van der Waals surface area contributed by atoms with E-state index in [1.165, 1.54) is 6.07 Å². The molecular weight excluding hydrogens is 336 g/mol. The summed E-state index contributed by atoms with van der Waals surface area (Å²) in [5.41, 5.74) is 0.917. The van der Waals surface area contributed by atoms with Gasteiger partial charge >= 0.3 is 5.97 Å². The van der Waals surface area contributed by atoms with Gasteiger partial charge in [-0.2, -0.15) is 0 Å². The molecule has 0 bridgehead atoms. The second kappa shape index (κ2) is 5.57. The van der Waals surface area contributed by atoms with Crippen molar-refractivity contribution in [3.8, 4) is 5.75 Å². The standard InChI is InChI=1S/C15H11BrN2O3/c16-14-12-8-10(15(19)20)6-7-18(12)13(17-14)9-21-11-4-2-1-3-5-11/h1-8H,9H2,(H,19,20). The smallest absolute Gasteiger partial charge is 0.335 e. The molecule has 21 heavy (non-hydrogen) atoms. The molecule has 0 aliphatic heterocycles. The minimum Gasteiger partial charge on any atom is -0.486 e. The summed E-state index contributed by atoms with van der Waals surface area (Å²) in [5.74, 6) is 0.484. The number of imidazole rings is 1. The number of aromatic nitrogens is 2. The van der Waals surface area contributed by atoms with Crippen molar-refractivity contribution < 1.29 is 14.6 Å². The Labute approximate surface area is 128 Å². The van der Waals surface area contributed by atoms with Crippen LogP contribution in [0.5, 0.6) is 5.75 Å². The van der Waals surface area contributed by atoms with Gasteiger partial charge in [-0.3, -0.25) is 4.40 Å². The van der Waals surface area contributed by atoms with E-state index in [4.69, 9.17) is 9.84 Å². The number of carboxylic acid groups (broad SMARTS) is 1. The molecular formula is C15H11BrN2O3. The Morgan fingerprint density at radius 2 is 2.05 bits per heavy atom. The average molecular weight is 347 g/mol. The molecule has 0 fully saturated rings. The molecule has 2 heterocycles. The summed E-state index contributed by atoms with van der Waals surface area (Å²) in [4.78, 5) is 15.4. The lowest BCUT2D eigenvalue weighted by molar-refractivity contribution is 0.0697. The maximum Gasteiger partial charge on any atom is 0.335 e. The highest BCUT2D eigenvalue weighted by molar-refractivity contribution is 9.10. The molecule has 0 saturated carbocycles. The van der Waals surface area contributed by atoms with Crippen LogP contribution in [0.2, 0.25) is 0 Å². The number of carboxylic acids is 1. The van der Waals surface area contributed by atoms with Gasteiger partial charge < -0.3 is 9.84 Å². The van der Waals surface area contributed by atoms with E-state index in [0.29, 0.717) is 22.6 Å². The van der Waals surface area contributed by atoms with Crippen LogP contribution in [0.25, 0.3) is 5.52 Å². The number of ether oxygens (including phenoxy) is 1. The molecule has 2 aromatic heterocycles. The predicted molar refractivity (Wildman–Crippen MR) is 80.6 cm³/mol. The zero-order valence-electron chi connectivity index (χ0n) is 10.9. The topological polar surface area (TPSA) is 63.8 Å². The number of fused-ring (bicyclic) bond motifs is 1. The zero-order valence-corrected chi connectivity index (χ0v) is 12.4. The quantitative estimate of drug-likeness (QED) is 0.786. The molecule has 5 nitrogen and oxygen atoms in total. The lowest BCUT2D eigenvalue weighted by Crippen LogP contribution is -2.02. The van der Waals surface area contributed by atoms with Gasteiger partial charge in [0.25, 0.3) is 0 Å². The number of benzene rings is 1. The molecule has 3 aromatic rings. The Morgan fingerprint density at radius 1 is 1.29 bits per heavy atom. The van der Waals surface area contributed by atoms with Gasteiger partial charge in [0.2, 0.25) is 0 Å². The molecule has 0 aliphatic carbocycles. The summed E-state index contributed by atoms with van der Waals surface area (Å²) in [5, 5.41) is 9.02. The second-order valence-corrected chi connectivity index (χ2v) is 5.15. The van der Waals surface area contributed by atoms with Crippen molar-refractivity contribution in [1.29, 1.82) is 0 Å². The lowest BCUT2D eigenvalue weighted by Gasteiger charge is -2.05. The van der Waals surface area contributed by atoms with Crippen molar-refractivity contribution in [2.75, 3.05) is 0 Å². The van der Waals surface area contributed by atoms with Gasteiger partial charge in [-0.15, -0.1) is 0 Å². The minimum absolute atomic E-state index is 0.221. The Morgan fingerprint density at radius 3 is 2.76 bits per heavy atom. The molecule has 3 rings (SSSR count). The van der Waals surface area contributed by atoms with Crippen molar-refractivity contribution in [2.45, 2.75) is 6.61 Å². The van der Waals surface area contributed by atoms with Crippen LogP contribution < -0.4 is 4.74 Å². The highest BCUT2D eigenvalue weighted by Gasteiger charge is 2.12. The third-order valence-corrected chi connectivity index (χ3v) is 3.61. The normalized spacial score (nSPS) is 10.7. The number of hydrogen-bond donors (Lipinski definition) is 1. The Balaban J connectivity index is 1.91. The van der Waals surface area contributed by atoms with Crippen molar-refractivity contribution in [2.24, 2.45) is 0 Å². The van der Waals surface area contributed by atoms with E-state index in [1.807, 2.05) is 30.3 Å². The number of aromatic carboxylic acids is 1. The summed E-state index contributed by atoms with van der Waals surface area (Å²) in [6.45, 7) is 0.295.